The van der Waals surface area contributed by atoms with Crippen molar-refractivity contribution < 1.29 is 14.8 Å². The van der Waals surface area contributed by atoms with E-state index in [2.05, 4.69) is 10.3 Å². The number of aliphatic hydroxyl groups excluding tert-OH is 1. The van der Waals surface area contributed by atoms with Gasteiger partial charge in [-0.15, -0.1) is 0 Å². The minimum Gasteiger partial charge on any atom is -0.395 e. The van der Waals surface area contributed by atoms with E-state index in [0.29, 0.717) is 5.69 Å². The Morgan fingerprint density at radius 3 is 2.94 bits per heavy atom. The van der Waals surface area contributed by atoms with Gasteiger partial charge in [-0.05, 0) is 6.92 Å². The van der Waals surface area contributed by atoms with Crippen molar-refractivity contribution in [2.75, 3.05) is 13.2 Å². The molecule has 7 nitrogen and oxygen atoms in total. The third-order valence-corrected chi connectivity index (χ3v) is 1.93. The molecule has 16 heavy (non-hydrogen) atoms. The van der Waals surface area contributed by atoms with Crippen LogP contribution in [0, 0.1) is 17.0 Å². The molecule has 2 N–H and O–H groups in total. The van der Waals surface area contributed by atoms with Crippen LogP contribution in [0.4, 0.5) is 5.69 Å². The van der Waals surface area contributed by atoms with Crippen LogP contribution in [0.1, 0.15) is 16.1 Å². The van der Waals surface area contributed by atoms with Crippen LogP contribution >= 0.6 is 0 Å². The molecule has 0 aliphatic heterocycles. The average Bonchev–Trinajstić information content (AvgIpc) is 2.26. The molecule has 1 aromatic rings. The SMILES string of the molecule is Cc1ncc([N+](=O)[O-])cc1C(=O)NCCO. The van der Waals surface area contributed by atoms with Gasteiger partial charge in [-0.2, -0.15) is 0 Å². The van der Waals surface area contributed by atoms with Crippen LogP contribution < -0.4 is 5.32 Å². The average molecular weight is 225 g/mol. The highest BCUT2D eigenvalue weighted by Crippen LogP contribution is 2.14. The number of nitro groups is 1. The third kappa shape index (κ3) is 2.74. The standard InChI is InChI=1S/C9H11N3O4/c1-6-8(9(14)10-2-3-13)4-7(5-11-6)12(15)16/h4-5,13H,2-3H2,1H3,(H,10,14). The largest absolute Gasteiger partial charge is 0.395 e. The Hall–Kier alpha value is -2.02. The Morgan fingerprint density at radius 1 is 1.69 bits per heavy atom. The lowest BCUT2D eigenvalue weighted by molar-refractivity contribution is -0.385. The number of carbonyl (C=O) groups is 1. The summed E-state index contributed by atoms with van der Waals surface area (Å²) < 4.78 is 0. The molecule has 1 amide bonds. The van der Waals surface area contributed by atoms with Gasteiger partial charge in [0.15, 0.2) is 0 Å². The van der Waals surface area contributed by atoms with E-state index in [0.717, 1.165) is 12.3 Å². The fraction of sp³-hybridized carbons (Fsp3) is 0.333. The number of amides is 1. The van der Waals surface area contributed by atoms with Crippen LogP contribution in [0.5, 0.6) is 0 Å². The van der Waals surface area contributed by atoms with Crippen molar-refractivity contribution in [3.05, 3.63) is 33.6 Å². The first-order chi connectivity index (χ1) is 7.56. The van der Waals surface area contributed by atoms with Crippen LogP contribution in [0.3, 0.4) is 0 Å². The highest BCUT2D eigenvalue weighted by atomic mass is 16.6. The van der Waals surface area contributed by atoms with E-state index in [-0.39, 0.29) is 24.4 Å². The zero-order chi connectivity index (χ0) is 12.1. The lowest BCUT2D eigenvalue weighted by Gasteiger charge is -2.05. The Labute approximate surface area is 91.3 Å². The molecule has 0 atom stereocenters. The zero-order valence-electron chi connectivity index (χ0n) is 8.64. The summed E-state index contributed by atoms with van der Waals surface area (Å²) in [5.41, 5.74) is 0.309. The second kappa shape index (κ2) is 5.17. The quantitative estimate of drug-likeness (QED) is 0.555. The van der Waals surface area contributed by atoms with Crippen molar-refractivity contribution in [2.24, 2.45) is 0 Å². The molecule has 1 rings (SSSR count). The van der Waals surface area contributed by atoms with E-state index in [4.69, 9.17) is 5.11 Å². The molecule has 0 aromatic carbocycles. The summed E-state index contributed by atoms with van der Waals surface area (Å²) in [6.45, 7) is 1.49. The van der Waals surface area contributed by atoms with Gasteiger partial charge in [-0.1, -0.05) is 0 Å². The minimum atomic E-state index is -0.616. The fourth-order valence-electron chi connectivity index (χ4n) is 1.12. The number of hydrogen-bond donors (Lipinski definition) is 2. The maximum absolute atomic E-state index is 11.5. The number of aromatic nitrogens is 1. The highest BCUT2D eigenvalue weighted by molar-refractivity contribution is 5.95. The monoisotopic (exact) mass is 225 g/mol. The van der Waals surface area contributed by atoms with E-state index in [1.807, 2.05) is 0 Å². The van der Waals surface area contributed by atoms with E-state index in [1.54, 1.807) is 6.92 Å². The van der Waals surface area contributed by atoms with Crippen LogP contribution in [-0.4, -0.2) is 34.1 Å². The predicted octanol–water partition coefficient (Wildman–Crippen LogP) is 0.0203. The molecule has 0 unspecified atom stereocenters. The van der Waals surface area contributed by atoms with Crippen molar-refractivity contribution in [3.63, 3.8) is 0 Å². The number of nitrogens with one attached hydrogen (secondary N) is 1. The molecule has 86 valence electrons. The second-order valence-corrected chi connectivity index (χ2v) is 3.06. The van der Waals surface area contributed by atoms with E-state index in [1.165, 1.54) is 0 Å². The zero-order valence-corrected chi connectivity index (χ0v) is 8.64. The van der Waals surface area contributed by atoms with Crippen molar-refractivity contribution in [2.45, 2.75) is 6.92 Å². The Kier molecular flexibility index (Phi) is 3.90. The Balaban J connectivity index is 2.97. The van der Waals surface area contributed by atoms with Gasteiger partial charge in [-0.3, -0.25) is 19.9 Å². The minimum absolute atomic E-state index is 0.0982. The number of rotatable bonds is 4. The summed E-state index contributed by atoms with van der Waals surface area (Å²) in [6.07, 6.45) is 1.10. The van der Waals surface area contributed by atoms with Crippen LogP contribution in [0.25, 0.3) is 0 Å². The topological polar surface area (TPSA) is 105 Å². The van der Waals surface area contributed by atoms with Gasteiger partial charge in [0.05, 0.1) is 22.8 Å². The summed E-state index contributed by atoms with van der Waals surface area (Å²) in [7, 11) is 0. The summed E-state index contributed by atoms with van der Waals surface area (Å²) in [5.74, 6) is -0.484. The molecule has 0 saturated heterocycles. The first-order valence-corrected chi connectivity index (χ1v) is 4.56. The smallest absolute Gasteiger partial charge is 0.288 e. The third-order valence-electron chi connectivity index (χ3n) is 1.93. The number of pyridine rings is 1. The summed E-state index contributed by atoms with van der Waals surface area (Å²) >= 11 is 0. The number of hydrogen-bond acceptors (Lipinski definition) is 5. The summed E-state index contributed by atoms with van der Waals surface area (Å²) in [4.78, 5) is 25.2. The molecule has 1 aromatic heterocycles. The lowest BCUT2D eigenvalue weighted by atomic mass is 10.2. The molecular weight excluding hydrogens is 214 g/mol. The summed E-state index contributed by atoms with van der Waals surface area (Å²) in [5, 5.41) is 21.4. The van der Waals surface area contributed by atoms with Crippen LogP contribution in [0.15, 0.2) is 12.3 Å². The maximum Gasteiger partial charge on any atom is 0.288 e. The van der Waals surface area contributed by atoms with Gasteiger partial charge in [0.1, 0.15) is 6.20 Å². The van der Waals surface area contributed by atoms with Gasteiger partial charge >= 0.3 is 0 Å². The normalized spacial score (nSPS) is 9.88. The predicted molar refractivity (Wildman–Crippen MR) is 55.0 cm³/mol. The van der Waals surface area contributed by atoms with Gasteiger partial charge in [0.2, 0.25) is 0 Å². The number of nitrogens with zero attached hydrogens (tertiary/aromatic N) is 2. The lowest BCUT2D eigenvalue weighted by Crippen LogP contribution is -2.27. The van der Waals surface area contributed by atoms with Crippen LogP contribution in [-0.2, 0) is 0 Å². The molecule has 0 saturated carbocycles. The second-order valence-electron chi connectivity index (χ2n) is 3.06. The Bertz CT molecular complexity index is 419. The first kappa shape index (κ1) is 12.1. The van der Waals surface area contributed by atoms with E-state index >= 15 is 0 Å². The summed E-state index contributed by atoms with van der Waals surface area (Å²) in [6, 6.07) is 1.16. The van der Waals surface area contributed by atoms with Crippen molar-refractivity contribution in [1.82, 2.24) is 10.3 Å². The molecule has 0 bridgehead atoms. The molecule has 1 heterocycles. The molecule has 0 fully saturated rings. The van der Waals surface area contributed by atoms with Crippen molar-refractivity contribution >= 4 is 11.6 Å². The van der Waals surface area contributed by atoms with Gasteiger partial charge in [-0.25, -0.2) is 0 Å². The van der Waals surface area contributed by atoms with Crippen LogP contribution in [0.2, 0.25) is 0 Å². The highest BCUT2D eigenvalue weighted by Gasteiger charge is 2.15. The molecule has 7 heteroatoms. The first-order valence-electron chi connectivity index (χ1n) is 4.56. The fourth-order valence-corrected chi connectivity index (χ4v) is 1.12. The molecule has 0 spiro atoms. The van der Waals surface area contributed by atoms with E-state index in [9.17, 15) is 14.9 Å². The van der Waals surface area contributed by atoms with E-state index < -0.39 is 10.8 Å². The van der Waals surface area contributed by atoms with Crippen molar-refractivity contribution in [1.29, 1.82) is 0 Å². The van der Waals surface area contributed by atoms with Crippen molar-refractivity contribution in [3.8, 4) is 0 Å². The number of aryl methyl sites for hydroxylation is 1. The Morgan fingerprint density at radius 2 is 2.38 bits per heavy atom. The van der Waals surface area contributed by atoms with Gasteiger partial charge in [0.25, 0.3) is 11.6 Å². The molecular formula is C9H11N3O4. The molecule has 0 radical (unpaired) electrons. The maximum atomic E-state index is 11.5. The van der Waals surface area contributed by atoms with Gasteiger partial charge < -0.3 is 10.4 Å². The number of aliphatic hydroxyl groups is 1. The van der Waals surface area contributed by atoms with Gasteiger partial charge in [0, 0.05) is 12.6 Å². The molecule has 0 aliphatic carbocycles. The number of carbonyl (C=O) groups excluding carboxylic acids is 1. The molecule has 0 aliphatic rings.